The van der Waals surface area contributed by atoms with Crippen LogP contribution in [0.2, 0.25) is 0 Å². The molecule has 1 aliphatic rings. The molecule has 0 aliphatic carbocycles. The maximum absolute atomic E-state index is 13.1. The van der Waals surface area contributed by atoms with Crippen LogP contribution in [-0.2, 0) is 10.2 Å². The van der Waals surface area contributed by atoms with Gasteiger partial charge < -0.3 is 20.1 Å². The summed E-state index contributed by atoms with van der Waals surface area (Å²) in [5.41, 5.74) is 0.922. The van der Waals surface area contributed by atoms with Gasteiger partial charge in [-0.2, -0.15) is 0 Å². The highest BCUT2D eigenvalue weighted by Gasteiger charge is 2.31. The number of carbonyl (C=O) groups excluding carboxylic acids is 2. The largest absolute Gasteiger partial charge is 0.489 e. The monoisotopic (exact) mass is 378 g/mol. The number of halogens is 1. The third kappa shape index (κ3) is 5.70. The van der Waals surface area contributed by atoms with Gasteiger partial charge in [0.15, 0.2) is 0 Å². The van der Waals surface area contributed by atoms with Crippen LogP contribution in [0.3, 0.4) is 0 Å². The molecule has 0 radical (unpaired) electrons. The Hall–Kier alpha value is -2.57. The Balaban J connectivity index is 1.97. The fourth-order valence-corrected chi connectivity index (χ4v) is 2.66. The molecule has 6 nitrogen and oxygen atoms in total. The summed E-state index contributed by atoms with van der Waals surface area (Å²) in [6.07, 6.45) is -0.212. The van der Waals surface area contributed by atoms with Crippen molar-refractivity contribution in [1.29, 1.82) is 0 Å². The first kappa shape index (κ1) is 20.7. The van der Waals surface area contributed by atoms with E-state index in [9.17, 15) is 14.0 Å². The second-order valence-corrected chi connectivity index (χ2v) is 8.19. The summed E-state index contributed by atoms with van der Waals surface area (Å²) in [6, 6.07) is 5.20. The Morgan fingerprint density at radius 1 is 1.37 bits per heavy atom. The molecular weight excluding hydrogens is 351 g/mol. The van der Waals surface area contributed by atoms with Gasteiger partial charge in [0.05, 0.1) is 6.33 Å². The molecule has 1 aromatic carbocycles. The van der Waals surface area contributed by atoms with Crippen LogP contribution in [0, 0.1) is 0 Å². The van der Waals surface area contributed by atoms with E-state index in [0.29, 0.717) is 24.2 Å². The molecule has 2 amide bonds. The zero-order chi connectivity index (χ0) is 20.2. The molecule has 0 unspecified atom stereocenters. The van der Waals surface area contributed by atoms with Crippen LogP contribution in [-0.4, -0.2) is 37.3 Å². The number of nitrogens with one attached hydrogen (secondary N) is 2. The molecule has 0 saturated heterocycles. The van der Waals surface area contributed by atoms with Crippen molar-refractivity contribution in [2.75, 3.05) is 19.7 Å². The maximum atomic E-state index is 13.1. The Morgan fingerprint density at radius 2 is 2.07 bits per heavy atom. The SMILES string of the molecule is CC(C)(C)OC(=O)NC/C(=C/F)COc1ccc2c(c1)C(C)(C)CNC2=O. The van der Waals surface area contributed by atoms with Crippen molar-refractivity contribution < 1.29 is 23.5 Å². The number of rotatable bonds is 5. The fraction of sp³-hybridized carbons (Fsp3) is 0.500. The van der Waals surface area contributed by atoms with Gasteiger partial charge in [0.25, 0.3) is 5.91 Å². The molecule has 0 aromatic heterocycles. The summed E-state index contributed by atoms with van der Waals surface area (Å²) in [6.45, 7) is 9.80. The van der Waals surface area contributed by atoms with Crippen molar-refractivity contribution in [2.24, 2.45) is 0 Å². The lowest BCUT2D eigenvalue weighted by molar-refractivity contribution is 0.0531. The van der Waals surface area contributed by atoms with Gasteiger partial charge in [-0.25, -0.2) is 9.18 Å². The highest BCUT2D eigenvalue weighted by molar-refractivity contribution is 5.97. The lowest BCUT2D eigenvalue weighted by atomic mass is 9.79. The van der Waals surface area contributed by atoms with E-state index in [2.05, 4.69) is 10.6 Å². The molecule has 0 bridgehead atoms. The normalized spacial score (nSPS) is 16.2. The minimum absolute atomic E-state index is 0.0236. The summed E-state index contributed by atoms with van der Waals surface area (Å²) in [4.78, 5) is 23.6. The molecule has 0 atom stereocenters. The zero-order valence-corrected chi connectivity index (χ0v) is 16.4. The number of alkyl carbamates (subject to hydrolysis) is 1. The van der Waals surface area contributed by atoms with Crippen molar-refractivity contribution in [1.82, 2.24) is 10.6 Å². The van der Waals surface area contributed by atoms with Crippen LogP contribution in [0.5, 0.6) is 5.75 Å². The molecule has 2 N–H and O–H groups in total. The molecule has 1 heterocycles. The predicted molar refractivity (Wildman–Crippen MR) is 101 cm³/mol. The molecule has 2 rings (SSSR count). The maximum Gasteiger partial charge on any atom is 0.407 e. The summed E-state index contributed by atoms with van der Waals surface area (Å²) in [5, 5.41) is 5.35. The first-order chi connectivity index (χ1) is 12.5. The van der Waals surface area contributed by atoms with Crippen LogP contribution in [0.1, 0.15) is 50.5 Å². The van der Waals surface area contributed by atoms with Crippen molar-refractivity contribution in [3.8, 4) is 5.75 Å². The van der Waals surface area contributed by atoms with E-state index in [1.165, 1.54) is 0 Å². The number of hydrogen-bond donors (Lipinski definition) is 2. The van der Waals surface area contributed by atoms with Gasteiger partial charge in [-0.15, -0.1) is 0 Å². The van der Waals surface area contributed by atoms with Crippen LogP contribution in [0.15, 0.2) is 30.1 Å². The summed E-state index contributed by atoms with van der Waals surface area (Å²) in [7, 11) is 0. The Labute approximate surface area is 159 Å². The Morgan fingerprint density at radius 3 is 2.70 bits per heavy atom. The van der Waals surface area contributed by atoms with Crippen molar-refractivity contribution in [3.05, 3.63) is 41.2 Å². The third-order valence-electron chi connectivity index (χ3n) is 4.09. The molecule has 1 aliphatic heterocycles. The Bertz CT molecular complexity index is 751. The first-order valence-electron chi connectivity index (χ1n) is 8.82. The lowest BCUT2D eigenvalue weighted by Crippen LogP contribution is -2.43. The number of fused-ring (bicyclic) bond motifs is 1. The summed E-state index contributed by atoms with van der Waals surface area (Å²) in [5.74, 6) is 0.426. The van der Waals surface area contributed by atoms with Gasteiger partial charge in [-0.05, 0) is 44.5 Å². The molecule has 7 heteroatoms. The highest BCUT2D eigenvalue weighted by Crippen LogP contribution is 2.32. The minimum Gasteiger partial charge on any atom is -0.489 e. The molecule has 0 saturated carbocycles. The van der Waals surface area contributed by atoms with E-state index in [-0.39, 0.29) is 30.0 Å². The molecule has 27 heavy (non-hydrogen) atoms. The smallest absolute Gasteiger partial charge is 0.407 e. The van der Waals surface area contributed by atoms with E-state index in [0.717, 1.165) is 5.56 Å². The van der Waals surface area contributed by atoms with Gasteiger partial charge in [-0.1, -0.05) is 13.8 Å². The van der Waals surface area contributed by atoms with Gasteiger partial charge in [0.2, 0.25) is 0 Å². The Kier molecular flexibility index (Phi) is 6.13. The topological polar surface area (TPSA) is 76.7 Å². The van der Waals surface area contributed by atoms with E-state index in [1.54, 1.807) is 32.9 Å². The zero-order valence-electron chi connectivity index (χ0n) is 16.4. The van der Waals surface area contributed by atoms with E-state index < -0.39 is 11.7 Å². The number of amides is 2. The van der Waals surface area contributed by atoms with Gasteiger partial charge >= 0.3 is 6.09 Å². The van der Waals surface area contributed by atoms with E-state index in [4.69, 9.17) is 9.47 Å². The quantitative estimate of drug-likeness (QED) is 0.823. The van der Waals surface area contributed by atoms with Crippen molar-refractivity contribution in [3.63, 3.8) is 0 Å². The molecule has 0 spiro atoms. The average Bonchev–Trinajstić information content (AvgIpc) is 2.57. The lowest BCUT2D eigenvalue weighted by Gasteiger charge is -2.32. The highest BCUT2D eigenvalue weighted by atomic mass is 19.1. The minimum atomic E-state index is -0.623. The number of benzene rings is 1. The van der Waals surface area contributed by atoms with E-state index >= 15 is 0 Å². The van der Waals surface area contributed by atoms with Gasteiger partial charge in [0, 0.05) is 29.6 Å². The van der Waals surface area contributed by atoms with Crippen molar-refractivity contribution in [2.45, 2.75) is 45.6 Å². The van der Waals surface area contributed by atoms with Crippen LogP contribution >= 0.6 is 0 Å². The van der Waals surface area contributed by atoms with Crippen LogP contribution in [0.25, 0.3) is 0 Å². The van der Waals surface area contributed by atoms with Crippen molar-refractivity contribution >= 4 is 12.0 Å². The second kappa shape index (κ2) is 7.98. The standard InChI is InChI=1S/C20H27FN2O4/c1-19(2,3)27-18(25)22-10-13(9-21)11-26-14-6-7-15-16(8-14)20(4,5)12-23-17(15)24/h6-9H,10-12H2,1-5H3,(H,22,25)(H,23,24)/b13-9-. The summed E-state index contributed by atoms with van der Waals surface area (Å²) < 4.78 is 23.9. The second-order valence-electron chi connectivity index (χ2n) is 8.19. The van der Waals surface area contributed by atoms with Crippen LogP contribution in [0.4, 0.5) is 9.18 Å². The van der Waals surface area contributed by atoms with Gasteiger partial charge in [-0.3, -0.25) is 4.79 Å². The van der Waals surface area contributed by atoms with Gasteiger partial charge in [0.1, 0.15) is 18.0 Å². The number of ether oxygens (including phenoxy) is 2. The van der Waals surface area contributed by atoms with Crippen LogP contribution < -0.4 is 15.4 Å². The third-order valence-corrected chi connectivity index (χ3v) is 4.09. The molecule has 148 valence electrons. The molecular formula is C20H27FN2O4. The molecule has 0 fully saturated rings. The summed E-state index contributed by atoms with van der Waals surface area (Å²) >= 11 is 0. The predicted octanol–water partition coefficient (Wildman–Crippen LogP) is 3.46. The molecule has 1 aromatic rings. The van der Waals surface area contributed by atoms with E-state index in [1.807, 2.05) is 19.9 Å². The number of hydrogen-bond acceptors (Lipinski definition) is 4. The average molecular weight is 378 g/mol. The number of carbonyl (C=O) groups is 2. The first-order valence-corrected chi connectivity index (χ1v) is 8.82. The fourth-order valence-electron chi connectivity index (χ4n) is 2.66.